The number of ether oxygens (including phenoxy) is 1. The molecule has 1 saturated heterocycles. The number of amides is 2. The third-order valence-corrected chi connectivity index (χ3v) is 3.21. The van der Waals surface area contributed by atoms with Gasteiger partial charge in [-0.2, -0.15) is 5.10 Å². The molecule has 7 nitrogen and oxygen atoms in total. The van der Waals surface area contributed by atoms with Gasteiger partial charge in [-0.3, -0.25) is 10.00 Å². The summed E-state index contributed by atoms with van der Waals surface area (Å²) in [4.78, 5) is 13.9. The van der Waals surface area contributed by atoms with Gasteiger partial charge in [0.2, 0.25) is 0 Å². The van der Waals surface area contributed by atoms with Gasteiger partial charge < -0.3 is 15.4 Å². The van der Waals surface area contributed by atoms with Crippen molar-refractivity contribution in [2.24, 2.45) is 0 Å². The van der Waals surface area contributed by atoms with Crippen molar-refractivity contribution in [1.29, 1.82) is 0 Å². The van der Waals surface area contributed by atoms with Gasteiger partial charge in [0.05, 0.1) is 24.4 Å². The second-order valence-electron chi connectivity index (χ2n) is 5.21. The molecule has 0 radical (unpaired) electrons. The molecule has 0 unspecified atom stereocenters. The molecule has 1 aliphatic rings. The zero-order valence-corrected chi connectivity index (χ0v) is 12.1. The maximum atomic E-state index is 11.6. The van der Waals surface area contributed by atoms with E-state index in [-0.39, 0.29) is 18.2 Å². The van der Waals surface area contributed by atoms with Crippen LogP contribution in [0.4, 0.5) is 4.79 Å². The zero-order valence-electron chi connectivity index (χ0n) is 12.1. The Labute approximate surface area is 119 Å². The maximum absolute atomic E-state index is 11.6. The van der Waals surface area contributed by atoms with Crippen molar-refractivity contribution in [3.05, 3.63) is 18.0 Å². The van der Waals surface area contributed by atoms with Gasteiger partial charge in [-0.05, 0) is 19.9 Å². The van der Waals surface area contributed by atoms with Gasteiger partial charge in [0.15, 0.2) is 0 Å². The van der Waals surface area contributed by atoms with E-state index in [9.17, 15) is 4.79 Å². The topological polar surface area (TPSA) is 82.3 Å². The van der Waals surface area contributed by atoms with Crippen molar-refractivity contribution in [3.8, 4) is 0 Å². The number of morpholine rings is 1. The number of carbonyl (C=O) groups is 1. The van der Waals surface area contributed by atoms with E-state index in [2.05, 4.69) is 39.6 Å². The molecular formula is C13H23N5O2. The average molecular weight is 281 g/mol. The van der Waals surface area contributed by atoms with Gasteiger partial charge in [0.1, 0.15) is 0 Å². The Hall–Kier alpha value is -1.60. The second-order valence-corrected chi connectivity index (χ2v) is 5.21. The quantitative estimate of drug-likeness (QED) is 0.726. The van der Waals surface area contributed by atoms with Gasteiger partial charge >= 0.3 is 6.03 Å². The van der Waals surface area contributed by atoms with E-state index < -0.39 is 0 Å². The van der Waals surface area contributed by atoms with Crippen LogP contribution in [0.2, 0.25) is 0 Å². The summed E-state index contributed by atoms with van der Waals surface area (Å²) in [6.45, 7) is 7.92. The molecule has 7 heteroatoms. The predicted molar refractivity (Wildman–Crippen MR) is 75.3 cm³/mol. The highest BCUT2D eigenvalue weighted by atomic mass is 16.5. The van der Waals surface area contributed by atoms with E-state index in [1.54, 1.807) is 6.20 Å². The number of carbonyl (C=O) groups excluding carboxylic acids is 1. The predicted octanol–water partition coefficient (Wildman–Crippen LogP) is 0.318. The molecule has 2 atom stereocenters. The second kappa shape index (κ2) is 7.25. The van der Waals surface area contributed by atoms with Crippen LogP contribution in [0.1, 0.15) is 19.5 Å². The minimum absolute atomic E-state index is 0.158. The summed E-state index contributed by atoms with van der Waals surface area (Å²) in [5.74, 6) is 0. The molecule has 0 aromatic carbocycles. The highest BCUT2D eigenvalue weighted by Crippen LogP contribution is 2.09. The summed E-state index contributed by atoms with van der Waals surface area (Å²) in [5.41, 5.74) is 0.885. The molecule has 2 amide bonds. The molecule has 2 rings (SSSR count). The number of H-pyrrole nitrogens is 1. The first-order chi connectivity index (χ1) is 9.63. The molecule has 0 saturated carbocycles. The van der Waals surface area contributed by atoms with Crippen LogP contribution in [-0.2, 0) is 11.3 Å². The Kier molecular flexibility index (Phi) is 5.37. The van der Waals surface area contributed by atoms with Crippen molar-refractivity contribution >= 4 is 6.03 Å². The van der Waals surface area contributed by atoms with E-state index in [0.29, 0.717) is 13.1 Å². The van der Waals surface area contributed by atoms with Crippen LogP contribution >= 0.6 is 0 Å². The molecule has 1 aromatic rings. The molecule has 3 N–H and O–H groups in total. The molecule has 2 heterocycles. The van der Waals surface area contributed by atoms with Gasteiger partial charge in [0.25, 0.3) is 0 Å². The summed E-state index contributed by atoms with van der Waals surface area (Å²) in [6, 6.07) is 1.67. The van der Waals surface area contributed by atoms with Crippen LogP contribution in [0.25, 0.3) is 0 Å². The first-order valence-electron chi connectivity index (χ1n) is 7.01. The summed E-state index contributed by atoms with van der Waals surface area (Å²) < 4.78 is 5.67. The molecule has 20 heavy (non-hydrogen) atoms. The number of hydrogen-bond donors (Lipinski definition) is 3. The van der Waals surface area contributed by atoms with E-state index in [0.717, 1.165) is 25.3 Å². The van der Waals surface area contributed by atoms with E-state index in [4.69, 9.17) is 4.74 Å². The lowest BCUT2D eigenvalue weighted by Gasteiger charge is -2.35. The van der Waals surface area contributed by atoms with E-state index in [1.807, 2.05) is 6.07 Å². The van der Waals surface area contributed by atoms with Crippen LogP contribution in [0.3, 0.4) is 0 Å². The summed E-state index contributed by atoms with van der Waals surface area (Å²) >= 11 is 0. The van der Waals surface area contributed by atoms with Crippen LogP contribution in [-0.4, -0.2) is 59.5 Å². The standard InChI is InChI=1S/C13H23N5O2/c1-10-8-18(9-11(2)20-10)6-5-14-13(19)15-7-12-3-4-16-17-12/h3-4,10-11H,5-9H2,1-2H3,(H,16,17)(H2,14,15,19)/t10-,11+. The third kappa shape index (κ3) is 4.82. The average Bonchev–Trinajstić information content (AvgIpc) is 2.88. The van der Waals surface area contributed by atoms with Crippen LogP contribution < -0.4 is 10.6 Å². The fourth-order valence-electron chi connectivity index (χ4n) is 2.42. The number of rotatable bonds is 5. The number of hydrogen-bond acceptors (Lipinski definition) is 4. The first kappa shape index (κ1) is 14.8. The largest absolute Gasteiger partial charge is 0.373 e. The normalized spacial score (nSPS) is 23.5. The van der Waals surface area contributed by atoms with Crippen molar-refractivity contribution in [3.63, 3.8) is 0 Å². The Balaban J connectivity index is 1.59. The van der Waals surface area contributed by atoms with Gasteiger partial charge in [-0.15, -0.1) is 0 Å². The fourth-order valence-corrected chi connectivity index (χ4v) is 2.42. The number of urea groups is 1. The maximum Gasteiger partial charge on any atom is 0.315 e. The molecule has 1 aromatic heterocycles. The molecule has 1 fully saturated rings. The summed E-state index contributed by atoms with van der Waals surface area (Å²) in [6.07, 6.45) is 2.18. The van der Waals surface area contributed by atoms with Crippen molar-refractivity contribution < 1.29 is 9.53 Å². The number of nitrogens with one attached hydrogen (secondary N) is 3. The van der Waals surface area contributed by atoms with Crippen LogP contribution in [0.5, 0.6) is 0 Å². The van der Waals surface area contributed by atoms with Gasteiger partial charge in [-0.1, -0.05) is 0 Å². The van der Waals surface area contributed by atoms with Crippen molar-refractivity contribution in [2.75, 3.05) is 26.2 Å². The molecule has 0 spiro atoms. The SMILES string of the molecule is C[C@@H]1CN(CCNC(=O)NCc2ccn[nH]2)C[C@H](C)O1. The number of nitrogens with zero attached hydrogens (tertiary/aromatic N) is 2. The minimum Gasteiger partial charge on any atom is -0.373 e. The Morgan fingerprint density at radius 1 is 1.45 bits per heavy atom. The van der Waals surface area contributed by atoms with Crippen LogP contribution in [0, 0.1) is 0 Å². The lowest BCUT2D eigenvalue weighted by Crippen LogP contribution is -2.48. The highest BCUT2D eigenvalue weighted by molar-refractivity contribution is 5.73. The molecule has 112 valence electrons. The molecule has 0 aliphatic carbocycles. The lowest BCUT2D eigenvalue weighted by atomic mass is 10.2. The Morgan fingerprint density at radius 3 is 2.85 bits per heavy atom. The summed E-state index contributed by atoms with van der Waals surface area (Å²) in [7, 11) is 0. The summed E-state index contributed by atoms with van der Waals surface area (Å²) in [5, 5.41) is 12.2. The smallest absolute Gasteiger partial charge is 0.315 e. The van der Waals surface area contributed by atoms with E-state index in [1.165, 1.54) is 0 Å². The Bertz CT molecular complexity index is 399. The van der Waals surface area contributed by atoms with Gasteiger partial charge in [-0.25, -0.2) is 4.79 Å². The third-order valence-electron chi connectivity index (χ3n) is 3.21. The van der Waals surface area contributed by atoms with Crippen molar-refractivity contribution in [2.45, 2.75) is 32.6 Å². The number of aromatic amines is 1. The Morgan fingerprint density at radius 2 is 2.20 bits per heavy atom. The minimum atomic E-state index is -0.158. The van der Waals surface area contributed by atoms with Crippen molar-refractivity contribution in [1.82, 2.24) is 25.7 Å². The van der Waals surface area contributed by atoms with Gasteiger partial charge in [0, 0.05) is 32.4 Å². The monoisotopic (exact) mass is 281 g/mol. The van der Waals surface area contributed by atoms with E-state index >= 15 is 0 Å². The van der Waals surface area contributed by atoms with Crippen LogP contribution in [0.15, 0.2) is 12.3 Å². The lowest BCUT2D eigenvalue weighted by molar-refractivity contribution is -0.0672. The first-order valence-corrected chi connectivity index (χ1v) is 7.01. The molecular weight excluding hydrogens is 258 g/mol. The molecule has 1 aliphatic heterocycles. The highest BCUT2D eigenvalue weighted by Gasteiger charge is 2.21. The fraction of sp³-hybridized carbons (Fsp3) is 0.692. The zero-order chi connectivity index (χ0) is 14.4. The number of aromatic nitrogens is 2. The molecule has 0 bridgehead atoms.